The lowest BCUT2D eigenvalue weighted by molar-refractivity contribution is -0.157. The minimum Gasteiger partial charge on any atom is -0.508 e. The highest BCUT2D eigenvalue weighted by molar-refractivity contribution is 5.91. The molecule has 10 nitrogen and oxygen atoms in total. The van der Waals surface area contributed by atoms with Gasteiger partial charge in [-0.15, -0.1) is 6.58 Å². The third-order valence-corrected chi connectivity index (χ3v) is 7.72. The van der Waals surface area contributed by atoms with Crippen LogP contribution in [0.2, 0.25) is 0 Å². The number of phenolic OH excluding ortho intramolecular Hbond substituents is 1. The number of piperazine rings is 1. The van der Waals surface area contributed by atoms with Crippen molar-refractivity contribution in [3.8, 4) is 17.2 Å². The van der Waals surface area contributed by atoms with E-state index in [0.717, 1.165) is 16.7 Å². The van der Waals surface area contributed by atoms with Gasteiger partial charge < -0.3 is 35.6 Å². The summed E-state index contributed by atoms with van der Waals surface area (Å²) in [5.74, 6) is 0.818. The van der Waals surface area contributed by atoms with Gasteiger partial charge in [0.2, 0.25) is 11.8 Å². The lowest BCUT2D eigenvalue weighted by atomic mass is 9.99. The molecular formula is C37H39N5O5. The lowest BCUT2D eigenvalue weighted by Crippen LogP contribution is -2.69. The fourth-order valence-corrected chi connectivity index (χ4v) is 5.49. The zero-order chi connectivity index (χ0) is 33.0. The summed E-state index contributed by atoms with van der Waals surface area (Å²) in [7, 11) is 0. The van der Waals surface area contributed by atoms with E-state index in [2.05, 4.69) is 22.5 Å². The van der Waals surface area contributed by atoms with Crippen LogP contribution in [0.1, 0.15) is 16.7 Å². The molecule has 1 saturated heterocycles. The highest BCUT2D eigenvalue weighted by atomic mass is 16.5. The number of urea groups is 1. The molecule has 0 saturated carbocycles. The maximum atomic E-state index is 14.3. The Morgan fingerprint density at radius 3 is 2.28 bits per heavy atom. The quantitative estimate of drug-likeness (QED) is 0.126. The second-order valence-corrected chi connectivity index (χ2v) is 11.2. The number of hydrogen-bond acceptors (Lipinski definition) is 6. The predicted molar refractivity (Wildman–Crippen MR) is 179 cm³/mol. The van der Waals surface area contributed by atoms with Gasteiger partial charge in [-0.1, -0.05) is 78.9 Å². The van der Waals surface area contributed by atoms with Crippen molar-refractivity contribution in [2.75, 3.05) is 19.6 Å². The fourth-order valence-electron chi connectivity index (χ4n) is 5.49. The van der Waals surface area contributed by atoms with E-state index in [9.17, 15) is 19.5 Å². The first-order valence-electron chi connectivity index (χ1n) is 15.5. The summed E-state index contributed by atoms with van der Waals surface area (Å²) < 4.78 is 6.02. The average molecular weight is 634 g/mol. The summed E-state index contributed by atoms with van der Waals surface area (Å²) in [5, 5.41) is 18.7. The Labute approximate surface area is 274 Å². The Bertz CT molecular complexity index is 1650. The van der Waals surface area contributed by atoms with Crippen molar-refractivity contribution < 1.29 is 24.2 Å². The number of carbonyl (C=O) groups is 3. The summed E-state index contributed by atoms with van der Waals surface area (Å²) in [6, 6.07) is 31.6. The van der Waals surface area contributed by atoms with Crippen molar-refractivity contribution in [2.24, 2.45) is 0 Å². The van der Waals surface area contributed by atoms with Crippen molar-refractivity contribution in [3.63, 3.8) is 0 Å². The van der Waals surface area contributed by atoms with Gasteiger partial charge in [-0.2, -0.15) is 0 Å². The van der Waals surface area contributed by atoms with Gasteiger partial charge in [-0.3, -0.25) is 9.59 Å². The van der Waals surface area contributed by atoms with Gasteiger partial charge in [-0.05, 0) is 53.1 Å². The molecule has 4 amide bonds. The largest absolute Gasteiger partial charge is 0.508 e. The molecule has 4 N–H and O–H groups in total. The van der Waals surface area contributed by atoms with Gasteiger partial charge in [0.25, 0.3) is 0 Å². The predicted octanol–water partition coefficient (Wildman–Crippen LogP) is 4.57. The first-order chi connectivity index (χ1) is 22.9. The maximum absolute atomic E-state index is 14.3. The smallest absolute Gasteiger partial charge is 0.316 e. The molecule has 242 valence electrons. The van der Waals surface area contributed by atoms with E-state index in [1.165, 1.54) is 4.90 Å². The molecule has 4 aromatic rings. The van der Waals surface area contributed by atoms with Crippen LogP contribution in [0.15, 0.2) is 122 Å². The molecule has 0 aromatic heterocycles. The number of phenols is 1. The molecule has 0 radical (unpaired) electrons. The van der Waals surface area contributed by atoms with Gasteiger partial charge in [-0.25, -0.2) is 4.79 Å². The third kappa shape index (κ3) is 9.21. The number of aromatic hydroxyl groups is 1. The Morgan fingerprint density at radius 2 is 1.55 bits per heavy atom. The highest BCUT2D eigenvalue weighted by Crippen LogP contribution is 2.26. The summed E-state index contributed by atoms with van der Waals surface area (Å²) in [4.78, 5) is 44.4. The molecule has 0 unspecified atom stereocenters. The second-order valence-electron chi connectivity index (χ2n) is 11.2. The number of nitrogens with zero attached hydrogens (tertiary/aromatic N) is 2. The van der Waals surface area contributed by atoms with E-state index in [-0.39, 0.29) is 43.6 Å². The van der Waals surface area contributed by atoms with E-state index < -0.39 is 18.2 Å². The lowest BCUT2D eigenvalue weighted by Gasteiger charge is -2.46. The number of para-hydroxylation sites is 1. The van der Waals surface area contributed by atoms with Gasteiger partial charge in [0.15, 0.2) is 0 Å². The van der Waals surface area contributed by atoms with Crippen LogP contribution in [0.25, 0.3) is 0 Å². The molecule has 0 spiro atoms. The normalized spacial score (nSPS) is 16.0. The van der Waals surface area contributed by atoms with E-state index in [0.29, 0.717) is 24.6 Å². The fraction of sp³-hybridized carbons (Fsp3) is 0.216. The SMILES string of the molecule is C=CCNCC(=O)N1[C@@H](NC(=O)NCc2ccccc2)CN(Cc2cccc(Oc3ccccc3)c2)C(=O)[C@@H]1Cc1ccc(O)cc1. The molecule has 1 heterocycles. The zero-order valence-electron chi connectivity index (χ0n) is 26.0. The van der Waals surface area contributed by atoms with E-state index >= 15 is 0 Å². The number of hydrogen-bond donors (Lipinski definition) is 4. The Hall–Kier alpha value is -5.61. The van der Waals surface area contributed by atoms with Crippen LogP contribution in [-0.4, -0.2) is 64.6 Å². The highest BCUT2D eigenvalue weighted by Gasteiger charge is 2.43. The van der Waals surface area contributed by atoms with Crippen LogP contribution in [0.3, 0.4) is 0 Å². The number of amides is 4. The third-order valence-electron chi connectivity index (χ3n) is 7.72. The van der Waals surface area contributed by atoms with Crippen molar-refractivity contribution in [1.82, 2.24) is 25.8 Å². The number of ether oxygens (including phenoxy) is 1. The van der Waals surface area contributed by atoms with Crippen LogP contribution < -0.4 is 20.7 Å². The van der Waals surface area contributed by atoms with Gasteiger partial charge in [0, 0.05) is 26.1 Å². The molecule has 5 rings (SSSR count). The van der Waals surface area contributed by atoms with Crippen LogP contribution in [0, 0.1) is 0 Å². The zero-order valence-corrected chi connectivity index (χ0v) is 26.0. The van der Waals surface area contributed by atoms with Gasteiger partial charge in [0.05, 0.1) is 13.1 Å². The molecular weight excluding hydrogens is 594 g/mol. The molecule has 10 heteroatoms. The Balaban J connectivity index is 1.42. The van der Waals surface area contributed by atoms with Crippen LogP contribution >= 0.6 is 0 Å². The van der Waals surface area contributed by atoms with E-state index in [1.54, 1.807) is 35.2 Å². The van der Waals surface area contributed by atoms with Crippen molar-refractivity contribution >= 4 is 17.8 Å². The molecule has 0 aliphatic carbocycles. The molecule has 0 bridgehead atoms. The molecule has 4 aromatic carbocycles. The monoisotopic (exact) mass is 633 g/mol. The topological polar surface area (TPSA) is 123 Å². The minimum atomic E-state index is -0.922. The molecule has 1 fully saturated rings. The van der Waals surface area contributed by atoms with Crippen LogP contribution in [0.4, 0.5) is 4.79 Å². The Morgan fingerprint density at radius 1 is 0.872 bits per heavy atom. The summed E-state index contributed by atoms with van der Waals surface area (Å²) in [6.07, 6.45) is 1.00. The Kier molecular flexibility index (Phi) is 11.2. The first kappa shape index (κ1) is 32.8. The first-order valence-corrected chi connectivity index (χ1v) is 15.5. The van der Waals surface area contributed by atoms with Crippen molar-refractivity contribution in [1.29, 1.82) is 0 Å². The van der Waals surface area contributed by atoms with Crippen LogP contribution in [0.5, 0.6) is 17.2 Å². The summed E-state index contributed by atoms with van der Waals surface area (Å²) in [6.45, 7) is 4.65. The van der Waals surface area contributed by atoms with E-state index in [1.807, 2.05) is 84.9 Å². The molecule has 47 heavy (non-hydrogen) atoms. The van der Waals surface area contributed by atoms with Crippen molar-refractivity contribution in [3.05, 3.63) is 139 Å². The minimum absolute atomic E-state index is 0.0476. The number of nitrogens with one attached hydrogen (secondary N) is 3. The standard InChI is InChI=1S/C37H39N5O5/c1-2-20-38-24-35(44)42-33(22-27-16-18-30(43)19-17-27)36(45)41(26-34(42)40-37(46)39-23-28-10-5-3-6-11-28)25-29-12-9-15-32(21-29)47-31-13-7-4-8-14-31/h2-19,21,33-34,38,43H,1,20,22-26H2,(H2,39,40,46)/t33-,34+/m0/s1. The molecule has 1 aliphatic heterocycles. The summed E-state index contributed by atoms with van der Waals surface area (Å²) in [5.41, 5.74) is 2.51. The number of benzene rings is 4. The van der Waals surface area contributed by atoms with E-state index in [4.69, 9.17) is 4.74 Å². The van der Waals surface area contributed by atoms with Gasteiger partial charge in [0.1, 0.15) is 29.5 Å². The number of rotatable bonds is 13. The number of carbonyl (C=O) groups excluding carboxylic acids is 3. The van der Waals surface area contributed by atoms with Crippen molar-refractivity contribution in [2.45, 2.75) is 31.7 Å². The van der Waals surface area contributed by atoms with Gasteiger partial charge >= 0.3 is 6.03 Å². The second kappa shape index (κ2) is 16.1. The summed E-state index contributed by atoms with van der Waals surface area (Å²) >= 11 is 0. The average Bonchev–Trinajstić information content (AvgIpc) is 3.08. The molecule has 2 atom stereocenters. The maximum Gasteiger partial charge on any atom is 0.316 e. The van der Waals surface area contributed by atoms with Crippen LogP contribution in [-0.2, 0) is 29.1 Å². The molecule has 1 aliphatic rings.